The van der Waals surface area contributed by atoms with E-state index in [-0.39, 0.29) is 23.1 Å². The van der Waals surface area contributed by atoms with Crippen molar-refractivity contribution in [2.45, 2.75) is 4.90 Å². The summed E-state index contributed by atoms with van der Waals surface area (Å²) in [5.74, 6) is -1.66. The predicted molar refractivity (Wildman–Crippen MR) is 102 cm³/mol. The number of nitrogens with one attached hydrogen (secondary N) is 3. The Morgan fingerprint density at radius 3 is 2.79 bits per heavy atom. The number of carbonyl (C=O) groups excluding carboxylic acids is 1. The number of H-pyrrole nitrogens is 1. The lowest BCUT2D eigenvalue weighted by atomic mass is 10.2. The fourth-order valence-corrected chi connectivity index (χ4v) is 3.55. The molecule has 0 aliphatic heterocycles. The molecule has 2 aromatic carbocycles. The molecule has 3 rings (SSSR count). The molecule has 144 valence electrons. The van der Waals surface area contributed by atoms with Crippen LogP contribution in [0, 0.1) is 5.82 Å². The van der Waals surface area contributed by atoms with Crippen molar-refractivity contribution in [2.75, 3.05) is 11.9 Å². The standard InChI is InChI=1S/C18H15FN4O4S/c1-2-7-22-28(26,27)16-8-11(3-5-14(16)19)17(24)23-12-4-6-15-13(9-12)18(25)21-10-20-15/h2-6,8-10,22H,1,7H2,(H,23,24)(H,20,21,25). The van der Waals surface area contributed by atoms with Gasteiger partial charge in [-0.1, -0.05) is 6.08 Å². The molecule has 28 heavy (non-hydrogen) atoms. The van der Waals surface area contributed by atoms with Crippen molar-refractivity contribution in [1.82, 2.24) is 14.7 Å². The van der Waals surface area contributed by atoms with Crippen molar-refractivity contribution in [3.63, 3.8) is 0 Å². The Hall–Kier alpha value is -3.37. The van der Waals surface area contributed by atoms with Gasteiger partial charge in [-0.25, -0.2) is 22.5 Å². The number of carbonyl (C=O) groups is 1. The van der Waals surface area contributed by atoms with Crippen LogP contribution < -0.4 is 15.6 Å². The molecule has 0 saturated carbocycles. The van der Waals surface area contributed by atoms with Gasteiger partial charge in [-0.15, -0.1) is 6.58 Å². The quantitative estimate of drug-likeness (QED) is 0.543. The summed E-state index contributed by atoms with van der Waals surface area (Å²) in [6.07, 6.45) is 2.58. The van der Waals surface area contributed by atoms with Gasteiger partial charge in [0.15, 0.2) is 0 Å². The van der Waals surface area contributed by atoms with Gasteiger partial charge >= 0.3 is 0 Å². The molecule has 0 bridgehead atoms. The molecule has 0 atom stereocenters. The van der Waals surface area contributed by atoms with Crippen molar-refractivity contribution in [1.29, 1.82) is 0 Å². The lowest BCUT2D eigenvalue weighted by Crippen LogP contribution is -2.25. The van der Waals surface area contributed by atoms with E-state index in [9.17, 15) is 22.4 Å². The lowest BCUT2D eigenvalue weighted by Gasteiger charge is -2.09. The van der Waals surface area contributed by atoms with Crippen molar-refractivity contribution in [3.05, 3.63) is 77.1 Å². The number of aromatic nitrogens is 2. The average Bonchev–Trinajstić information content (AvgIpc) is 2.67. The molecule has 10 heteroatoms. The van der Waals surface area contributed by atoms with Gasteiger partial charge < -0.3 is 10.3 Å². The number of anilines is 1. The molecular formula is C18H15FN4O4S. The zero-order chi connectivity index (χ0) is 20.3. The maximum atomic E-state index is 14.0. The van der Waals surface area contributed by atoms with Crippen molar-refractivity contribution in [2.24, 2.45) is 0 Å². The molecule has 0 spiro atoms. The number of hydrogen-bond acceptors (Lipinski definition) is 5. The number of aromatic amines is 1. The van der Waals surface area contributed by atoms with E-state index in [2.05, 4.69) is 26.6 Å². The summed E-state index contributed by atoms with van der Waals surface area (Å²) in [7, 11) is -4.15. The number of nitrogens with zero attached hydrogens (tertiary/aromatic N) is 1. The molecule has 0 aliphatic carbocycles. The first-order chi connectivity index (χ1) is 13.3. The van der Waals surface area contributed by atoms with E-state index < -0.39 is 26.6 Å². The normalized spacial score (nSPS) is 11.3. The maximum Gasteiger partial charge on any atom is 0.258 e. The Balaban J connectivity index is 1.91. The zero-order valence-corrected chi connectivity index (χ0v) is 15.2. The molecule has 0 fully saturated rings. The largest absolute Gasteiger partial charge is 0.322 e. The van der Waals surface area contributed by atoms with Crippen LogP contribution in [0.25, 0.3) is 10.9 Å². The van der Waals surface area contributed by atoms with Crippen LogP contribution in [0.4, 0.5) is 10.1 Å². The fraction of sp³-hybridized carbons (Fsp3) is 0.0556. The minimum Gasteiger partial charge on any atom is -0.322 e. The van der Waals surface area contributed by atoms with Crippen molar-refractivity contribution < 1.29 is 17.6 Å². The first kappa shape index (κ1) is 19.4. The van der Waals surface area contributed by atoms with E-state index in [1.165, 1.54) is 18.5 Å². The van der Waals surface area contributed by atoms with E-state index in [4.69, 9.17) is 0 Å². The van der Waals surface area contributed by atoms with Crippen LogP contribution in [0.2, 0.25) is 0 Å². The van der Waals surface area contributed by atoms with Gasteiger partial charge in [-0.2, -0.15) is 0 Å². The zero-order valence-electron chi connectivity index (χ0n) is 14.4. The summed E-state index contributed by atoms with van der Waals surface area (Å²) in [5, 5.41) is 2.82. The summed E-state index contributed by atoms with van der Waals surface area (Å²) in [4.78, 5) is 30.1. The van der Waals surface area contributed by atoms with Gasteiger partial charge in [0.05, 0.1) is 17.2 Å². The second kappa shape index (κ2) is 7.71. The molecular weight excluding hydrogens is 387 g/mol. The highest BCUT2D eigenvalue weighted by Gasteiger charge is 2.20. The van der Waals surface area contributed by atoms with Gasteiger partial charge in [0.2, 0.25) is 10.0 Å². The van der Waals surface area contributed by atoms with E-state index >= 15 is 0 Å². The van der Waals surface area contributed by atoms with E-state index in [1.807, 2.05) is 0 Å². The van der Waals surface area contributed by atoms with Gasteiger partial charge in [0.25, 0.3) is 11.5 Å². The van der Waals surface area contributed by atoms with E-state index in [1.54, 1.807) is 12.1 Å². The molecule has 8 nitrogen and oxygen atoms in total. The van der Waals surface area contributed by atoms with Gasteiger partial charge in [0, 0.05) is 17.8 Å². The fourth-order valence-electron chi connectivity index (χ4n) is 2.45. The van der Waals surface area contributed by atoms with Gasteiger partial charge in [-0.3, -0.25) is 9.59 Å². The summed E-state index contributed by atoms with van der Waals surface area (Å²) in [6.45, 7) is 3.30. The Morgan fingerprint density at radius 1 is 1.25 bits per heavy atom. The minimum absolute atomic E-state index is 0.0689. The molecule has 1 aromatic heterocycles. The van der Waals surface area contributed by atoms with Crippen LogP contribution in [0.15, 0.2) is 65.1 Å². The second-order valence-corrected chi connectivity index (χ2v) is 7.44. The summed E-state index contributed by atoms with van der Waals surface area (Å²) in [5.41, 5.74) is 0.310. The molecule has 3 aromatic rings. The molecule has 1 heterocycles. The van der Waals surface area contributed by atoms with Crippen molar-refractivity contribution >= 4 is 32.5 Å². The number of sulfonamides is 1. The number of amides is 1. The van der Waals surface area contributed by atoms with Gasteiger partial charge in [0.1, 0.15) is 10.7 Å². The third-order valence-corrected chi connectivity index (χ3v) is 5.24. The smallest absolute Gasteiger partial charge is 0.258 e. The second-order valence-electron chi connectivity index (χ2n) is 5.70. The van der Waals surface area contributed by atoms with E-state index in [0.717, 1.165) is 18.2 Å². The van der Waals surface area contributed by atoms with Crippen LogP contribution in [0.5, 0.6) is 0 Å². The third-order valence-electron chi connectivity index (χ3n) is 3.80. The predicted octanol–water partition coefficient (Wildman–Crippen LogP) is 1.78. The van der Waals surface area contributed by atoms with Crippen LogP contribution in [0.3, 0.4) is 0 Å². The Kier molecular flexibility index (Phi) is 5.34. The molecule has 3 N–H and O–H groups in total. The number of hydrogen-bond donors (Lipinski definition) is 3. The first-order valence-electron chi connectivity index (χ1n) is 8.01. The maximum absolute atomic E-state index is 14.0. The van der Waals surface area contributed by atoms with Crippen molar-refractivity contribution in [3.8, 4) is 0 Å². The molecule has 0 aliphatic rings. The summed E-state index contributed by atoms with van der Waals surface area (Å²) < 4.78 is 40.4. The number of benzene rings is 2. The third kappa shape index (κ3) is 3.97. The van der Waals surface area contributed by atoms with Crippen LogP contribution in [-0.4, -0.2) is 30.8 Å². The Labute approximate surface area is 159 Å². The van der Waals surface area contributed by atoms with Crippen LogP contribution in [-0.2, 0) is 10.0 Å². The average molecular weight is 402 g/mol. The first-order valence-corrected chi connectivity index (χ1v) is 9.49. The number of rotatable bonds is 6. The Morgan fingerprint density at radius 2 is 2.04 bits per heavy atom. The van der Waals surface area contributed by atoms with Crippen LogP contribution in [0.1, 0.15) is 10.4 Å². The minimum atomic E-state index is -4.15. The number of fused-ring (bicyclic) bond motifs is 1. The summed E-state index contributed by atoms with van der Waals surface area (Å²) >= 11 is 0. The highest BCUT2D eigenvalue weighted by Crippen LogP contribution is 2.19. The molecule has 0 radical (unpaired) electrons. The SMILES string of the molecule is C=CCNS(=O)(=O)c1cc(C(=O)Nc2ccc3nc[nH]c(=O)c3c2)ccc1F. The van der Waals surface area contributed by atoms with Gasteiger partial charge in [-0.05, 0) is 36.4 Å². The molecule has 1 amide bonds. The highest BCUT2D eigenvalue weighted by molar-refractivity contribution is 7.89. The highest BCUT2D eigenvalue weighted by atomic mass is 32.2. The van der Waals surface area contributed by atoms with E-state index in [0.29, 0.717) is 11.2 Å². The number of halogens is 1. The molecule has 0 saturated heterocycles. The topological polar surface area (TPSA) is 121 Å². The monoisotopic (exact) mass is 402 g/mol. The van der Waals surface area contributed by atoms with Crippen LogP contribution >= 0.6 is 0 Å². The summed E-state index contributed by atoms with van der Waals surface area (Å²) in [6, 6.07) is 7.52. The lowest BCUT2D eigenvalue weighted by molar-refractivity contribution is 0.102. The Bertz CT molecular complexity index is 1240. The molecule has 0 unspecified atom stereocenters.